The average molecular weight is 286 g/mol. The molecule has 0 heterocycles. The Labute approximate surface area is 93.9 Å². The molecule has 0 bridgehead atoms. The minimum atomic E-state index is 0.820. The number of hydrogen-bond acceptors (Lipinski definition) is 0. The number of halogens is 1. The maximum Gasteiger partial charge on any atom is 0.00669 e. The minimum absolute atomic E-state index is 0.820. The lowest BCUT2D eigenvalue weighted by molar-refractivity contribution is 0.681. The largest absolute Gasteiger partial charge is 0.0857 e. The average Bonchev–Trinajstić information content (AvgIpc) is 2.90. The van der Waals surface area contributed by atoms with E-state index in [1.54, 1.807) is 5.56 Å². The summed E-state index contributed by atoms with van der Waals surface area (Å²) in [6, 6.07) is 9.00. The molecule has 0 spiro atoms. The van der Waals surface area contributed by atoms with E-state index in [0.717, 1.165) is 11.8 Å². The zero-order valence-electron chi connectivity index (χ0n) is 7.96. The van der Waals surface area contributed by atoms with Crippen molar-refractivity contribution in [2.75, 3.05) is 4.43 Å². The molecular formula is C12H15I. The number of rotatable bonds is 3. The lowest BCUT2D eigenvalue weighted by atomic mass is 9.95. The predicted octanol–water partition coefficient (Wildman–Crippen LogP) is 3.92. The Kier molecular flexibility index (Phi) is 2.92. The second-order valence-corrected chi connectivity index (χ2v) is 4.89. The molecule has 0 nitrogen and oxygen atoms in total. The van der Waals surface area contributed by atoms with Crippen molar-refractivity contribution in [2.24, 2.45) is 5.92 Å². The molecule has 13 heavy (non-hydrogen) atoms. The van der Waals surface area contributed by atoms with Gasteiger partial charge in [0.2, 0.25) is 0 Å². The molecule has 2 rings (SSSR count). The van der Waals surface area contributed by atoms with Crippen LogP contribution in [0.15, 0.2) is 24.3 Å². The highest BCUT2D eigenvalue weighted by atomic mass is 127. The monoisotopic (exact) mass is 286 g/mol. The third-order valence-electron chi connectivity index (χ3n) is 2.83. The highest BCUT2D eigenvalue weighted by Gasteiger charge is 2.31. The fraction of sp³-hybridized carbons (Fsp3) is 0.500. The zero-order chi connectivity index (χ0) is 9.26. The predicted molar refractivity (Wildman–Crippen MR) is 65.5 cm³/mol. The standard InChI is InChI=1S/C12H15I/c1-9-3-2-4-11(7-9)12(8-13)10-5-6-10/h2-4,7,10,12H,5-6,8H2,1H3. The van der Waals surface area contributed by atoms with Gasteiger partial charge in [0.05, 0.1) is 0 Å². The first kappa shape index (κ1) is 9.50. The molecule has 0 aromatic heterocycles. The van der Waals surface area contributed by atoms with E-state index in [4.69, 9.17) is 0 Å². The first-order valence-corrected chi connectivity index (χ1v) is 6.46. The second-order valence-electron chi connectivity index (χ2n) is 4.01. The topological polar surface area (TPSA) is 0 Å². The fourth-order valence-electron chi connectivity index (χ4n) is 1.89. The smallest absolute Gasteiger partial charge is 0.00669 e. The molecule has 1 fully saturated rings. The van der Waals surface area contributed by atoms with Crippen molar-refractivity contribution in [1.82, 2.24) is 0 Å². The molecule has 0 saturated heterocycles. The van der Waals surface area contributed by atoms with Crippen molar-refractivity contribution in [2.45, 2.75) is 25.7 Å². The van der Waals surface area contributed by atoms with Crippen LogP contribution in [0.25, 0.3) is 0 Å². The SMILES string of the molecule is Cc1cccc(C(CI)C2CC2)c1. The highest BCUT2D eigenvalue weighted by molar-refractivity contribution is 14.1. The van der Waals surface area contributed by atoms with Gasteiger partial charge in [0.25, 0.3) is 0 Å². The van der Waals surface area contributed by atoms with Crippen molar-refractivity contribution < 1.29 is 0 Å². The Morgan fingerprint density at radius 3 is 2.77 bits per heavy atom. The maximum absolute atomic E-state index is 2.52. The zero-order valence-corrected chi connectivity index (χ0v) is 10.1. The molecular weight excluding hydrogens is 271 g/mol. The summed E-state index contributed by atoms with van der Waals surface area (Å²) in [7, 11) is 0. The molecule has 0 amide bonds. The van der Waals surface area contributed by atoms with Crippen LogP contribution in [0, 0.1) is 12.8 Å². The first-order chi connectivity index (χ1) is 6.31. The van der Waals surface area contributed by atoms with Crippen molar-refractivity contribution in [1.29, 1.82) is 0 Å². The molecule has 70 valence electrons. The minimum Gasteiger partial charge on any atom is -0.0857 e. The number of benzene rings is 1. The van der Waals surface area contributed by atoms with Crippen molar-refractivity contribution in [3.63, 3.8) is 0 Å². The molecule has 1 saturated carbocycles. The van der Waals surface area contributed by atoms with Crippen LogP contribution in [-0.4, -0.2) is 4.43 Å². The molecule has 0 aliphatic heterocycles. The van der Waals surface area contributed by atoms with E-state index >= 15 is 0 Å². The summed E-state index contributed by atoms with van der Waals surface area (Å²) in [4.78, 5) is 0. The van der Waals surface area contributed by atoms with Crippen LogP contribution in [0.4, 0.5) is 0 Å². The van der Waals surface area contributed by atoms with Crippen LogP contribution in [0.2, 0.25) is 0 Å². The molecule has 0 N–H and O–H groups in total. The quantitative estimate of drug-likeness (QED) is 0.583. The lowest BCUT2D eigenvalue weighted by Gasteiger charge is -2.13. The van der Waals surface area contributed by atoms with E-state index in [2.05, 4.69) is 53.8 Å². The van der Waals surface area contributed by atoms with Gasteiger partial charge >= 0.3 is 0 Å². The molecule has 0 radical (unpaired) electrons. The summed E-state index contributed by atoms with van der Waals surface area (Å²) in [6.45, 7) is 2.18. The van der Waals surface area contributed by atoms with E-state index in [9.17, 15) is 0 Å². The van der Waals surface area contributed by atoms with Gasteiger partial charge in [-0.15, -0.1) is 0 Å². The lowest BCUT2D eigenvalue weighted by Crippen LogP contribution is -2.02. The molecule has 1 heteroatoms. The summed E-state index contributed by atoms with van der Waals surface area (Å²) in [5.74, 6) is 1.80. The molecule has 1 unspecified atom stereocenters. The van der Waals surface area contributed by atoms with Gasteiger partial charge in [0.1, 0.15) is 0 Å². The number of hydrogen-bond donors (Lipinski definition) is 0. The Hall–Kier alpha value is -0.0500. The van der Waals surface area contributed by atoms with Crippen LogP contribution < -0.4 is 0 Å². The van der Waals surface area contributed by atoms with E-state index in [-0.39, 0.29) is 0 Å². The van der Waals surface area contributed by atoms with Crippen molar-refractivity contribution in [3.05, 3.63) is 35.4 Å². The Morgan fingerprint density at radius 2 is 2.23 bits per heavy atom. The summed E-state index contributed by atoms with van der Waals surface area (Å²) < 4.78 is 1.27. The van der Waals surface area contributed by atoms with Gasteiger partial charge in [-0.1, -0.05) is 52.4 Å². The molecule has 1 aliphatic carbocycles. The van der Waals surface area contributed by atoms with E-state index < -0.39 is 0 Å². The summed E-state index contributed by atoms with van der Waals surface area (Å²) in [6.07, 6.45) is 2.89. The normalized spacial score (nSPS) is 18.6. The Balaban J connectivity index is 2.21. The third kappa shape index (κ3) is 2.25. The molecule has 1 aromatic carbocycles. The van der Waals surface area contributed by atoms with Crippen LogP contribution in [0.1, 0.15) is 29.9 Å². The molecule has 1 aliphatic rings. The van der Waals surface area contributed by atoms with E-state index in [1.807, 2.05) is 0 Å². The van der Waals surface area contributed by atoms with Gasteiger partial charge in [-0.25, -0.2) is 0 Å². The van der Waals surface area contributed by atoms with Gasteiger partial charge in [-0.3, -0.25) is 0 Å². The van der Waals surface area contributed by atoms with Crippen LogP contribution in [-0.2, 0) is 0 Å². The summed E-state index contributed by atoms with van der Waals surface area (Å²) >= 11 is 2.52. The van der Waals surface area contributed by atoms with Gasteiger partial charge in [0.15, 0.2) is 0 Å². The second kappa shape index (κ2) is 3.99. The van der Waals surface area contributed by atoms with Crippen LogP contribution in [0.5, 0.6) is 0 Å². The fourth-order valence-corrected chi connectivity index (χ4v) is 3.11. The maximum atomic E-state index is 2.52. The van der Waals surface area contributed by atoms with Gasteiger partial charge in [-0.05, 0) is 37.2 Å². The van der Waals surface area contributed by atoms with Crippen molar-refractivity contribution in [3.8, 4) is 0 Å². The molecule has 1 atom stereocenters. The molecule has 1 aromatic rings. The Morgan fingerprint density at radius 1 is 1.46 bits per heavy atom. The van der Waals surface area contributed by atoms with Gasteiger partial charge in [-0.2, -0.15) is 0 Å². The first-order valence-electron chi connectivity index (χ1n) is 4.94. The summed E-state index contributed by atoms with van der Waals surface area (Å²) in [5, 5.41) is 0. The third-order valence-corrected chi connectivity index (χ3v) is 3.78. The van der Waals surface area contributed by atoms with E-state index in [0.29, 0.717) is 0 Å². The van der Waals surface area contributed by atoms with Gasteiger partial charge in [0, 0.05) is 4.43 Å². The number of aryl methyl sites for hydroxylation is 1. The van der Waals surface area contributed by atoms with Crippen LogP contribution >= 0.6 is 22.6 Å². The van der Waals surface area contributed by atoms with Gasteiger partial charge < -0.3 is 0 Å². The summed E-state index contributed by atoms with van der Waals surface area (Å²) in [5.41, 5.74) is 2.95. The van der Waals surface area contributed by atoms with E-state index in [1.165, 1.54) is 22.8 Å². The van der Waals surface area contributed by atoms with Crippen molar-refractivity contribution >= 4 is 22.6 Å². The number of alkyl halides is 1. The highest BCUT2D eigenvalue weighted by Crippen LogP contribution is 2.43. The Bertz CT molecular complexity index is 289. The van der Waals surface area contributed by atoms with Crippen LogP contribution in [0.3, 0.4) is 0 Å².